The number of primary amides is 1. The third kappa shape index (κ3) is 2.21. The number of hydrogen-bond acceptors (Lipinski definition) is 4. The quantitative estimate of drug-likeness (QED) is 0.885. The van der Waals surface area contributed by atoms with Gasteiger partial charge < -0.3 is 5.73 Å². The second-order valence-corrected chi connectivity index (χ2v) is 6.82. The van der Waals surface area contributed by atoms with Crippen LogP contribution < -0.4 is 5.73 Å². The van der Waals surface area contributed by atoms with E-state index in [1.165, 1.54) is 0 Å². The molecule has 1 aliphatic rings. The summed E-state index contributed by atoms with van der Waals surface area (Å²) in [6.45, 7) is 1.60. The summed E-state index contributed by atoms with van der Waals surface area (Å²) in [4.78, 5) is 11.3. The number of rotatable bonds is 2. The highest BCUT2D eigenvalue weighted by Crippen LogP contribution is 2.39. The minimum absolute atomic E-state index is 0.325. The van der Waals surface area contributed by atoms with Gasteiger partial charge in [0.1, 0.15) is 11.0 Å². The van der Waals surface area contributed by atoms with Crippen molar-refractivity contribution in [3.63, 3.8) is 0 Å². The topological polar surface area (TPSA) is 101 Å². The molecule has 2 atom stereocenters. The molecule has 1 aromatic rings. The number of hydrogen-bond donors (Lipinski definition) is 1. The van der Waals surface area contributed by atoms with Gasteiger partial charge in [-0.05, 0) is 24.5 Å². The Kier molecular flexibility index (Phi) is 3.64. The van der Waals surface area contributed by atoms with E-state index >= 15 is 0 Å². The Morgan fingerprint density at radius 2 is 1.95 bits per heavy atom. The van der Waals surface area contributed by atoms with Crippen LogP contribution in [0.15, 0.2) is 40.8 Å². The van der Waals surface area contributed by atoms with E-state index in [0.29, 0.717) is 12.0 Å². The second kappa shape index (κ2) is 5.10. The van der Waals surface area contributed by atoms with Crippen LogP contribution in [0.5, 0.6) is 0 Å². The van der Waals surface area contributed by atoms with Crippen molar-refractivity contribution in [2.75, 3.05) is 0 Å². The second-order valence-electron chi connectivity index (χ2n) is 4.81. The van der Waals surface area contributed by atoms with Crippen LogP contribution >= 0.6 is 0 Å². The summed E-state index contributed by atoms with van der Waals surface area (Å²) >= 11 is 0. The van der Waals surface area contributed by atoms with Gasteiger partial charge in [0.15, 0.2) is 5.25 Å². The highest BCUT2D eigenvalue weighted by molar-refractivity contribution is 7.97. The van der Waals surface area contributed by atoms with Gasteiger partial charge in [0.25, 0.3) is 0 Å². The maximum atomic E-state index is 12.4. The molecule has 1 aromatic carbocycles. The van der Waals surface area contributed by atoms with Crippen LogP contribution in [-0.4, -0.2) is 19.6 Å². The molecule has 20 heavy (non-hydrogen) atoms. The third-order valence-corrected chi connectivity index (χ3v) is 5.75. The molecule has 1 amide bonds. The van der Waals surface area contributed by atoms with Crippen molar-refractivity contribution in [3.05, 3.63) is 46.4 Å². The number of allylic oxidation sites excluding steroid dienone is 2. The van der Waals surface area contributed by atoms with Crippen LogP contribution in [0.3, 0.4) is 0 Å². The fourth-order valence-corrected chi connectivity index (χ4v) is 4.56. The smallest absolute Gasteiger partial charge is 0.236 e. The number of nitriles is 1. The summed E-state index contributed by atoms with van der Waals surface area (Å²) in [6.07, 6.45) is 0.333. The molecule has 2 N–H and O–H groups in total. The minimum atomic E-state index is -4.02. The van der Waals surface area contributed by atoms with Crippen LogP contribution in [0.1, 0.15) is 24.8 Å². The van der Waals surface area contributed by atoms with Gasteiger partial charge >= 0.3 is 0 Å². The highest BCUT2D eigenvalue weighted by atomic mass is 32.2. The molecule has 0 spiro atoms. The molecule has 0 saturated heterocycles. The van der Waals surface area contributed by atoms with Crippen molar-refractivity contribution in [2.45, 2.75) is 24.5 Å². The Morgan fingerprint density at radius 3 is 2.45 bits per heavy atom. The van der Waals surface area contributed by atoms with Gasteiger partial charge in [-0.2, -0.15) is 5.26 Å². The first-order valence-corrected chi connectivity index (χ1v) is 7.62. The Morgan fingerprint density at radius 1 is 1.35 bits per heavy atom. The summed E-state index contributed by atoms with van der Waals surface area (Å²) in [5.74, 6) is -1.46. The van der Waals surface area contributed by atoms with Crippen LogP contribution in [-0.2, 0) is 14.6 Å². The number of benzene rings is 1. The van der Waals surface area contributed by atoms with Crippen molar-refractivity contribution >= 4 is 15.7 Å². The van der Waals surface area contributed by atoms with E-state index in [4.69, 9.17) is 11.0 Å². The molecule has 0 fully saturated rings. The summed E-state index contributed by atoms with van der Waals surface area (Å²) in [5, 5.41) is 7.63. The van der Waals surface area contributed by atoms with E-state index in [1.54, 1.807) is 37.3 Å². The van der Waals surface area contributed by atoms with E-state index in [0.717, 1.165) is 5.56 Å². The lowest BCUT2D eigenvalue weighted by molar-refractivity contribution is -0.118. The summed E-state index contributed by atoms with van der Waals surface area (Å²) < 4.78 is 24.8. The molecular formula is C14H14N2O3S. The molecular weight excluding hydrogens is 276 g/mol. The van der Waals surface area contributed by atoms with E-state index < -0.39 is 26.9 Å². The summed E-state index contributed by atoms with van der Waals surface area (Å²) in [7, 11) is -4.02. The molecule has 1 aliphatic heterocycles. The first-order chi connectivity index (χ1) is 9.39. The number of carbonyl (C=O) groups is 1. The Balaban J connectivity index is 2.64. The summed E-state index contributed by atoms with van der Waals surface area (Å²) in [5.41, 5.74) is 6.49. The highest BCUT2D eigenvalue weighted by Gasteiger charge is 2.45. The molecule has 0 aliphatic carbocycles. The van der Waals surface area contributed by atoms with Crippen LogP contribution in [0, 0.1) is 11.3 Å². The van der Waals surface area contributed by atoms with Gasteiger partial charge in [0.05, 0.1) is 0 Å². The van der Waals surface area contributed by atoms with Gasteiger partial charge in [0.2, 0.25) is 15.7 Å². The molecule has 1 heterocycles. The zero-order valence-electron chi connectivity index (χ0n) is 10.9. The number of carbonyl (C=O) groups excluding carboxylic acids is 1. The molecule has 0 radical (unpaired) electrons. The normalized spacial score (nSPS) is 25.0. The number of nitrogens with zero attached hydrogens (tertiary/aromatic N) is 1. The number of nitrogens with two attached hydrogens (primary N) is 1. The number of amides is 1. The lowest BCUT2D eigenvalue weighted by atomic mass is 9.88. The number of sulfone groups is 1. The first-order valence-electron chi connectivity index (χ1n) is 6.07. The molecule has 0 aromatic heterocycles. The van der Waals surface area contributed by atoms with Crippen LogP contribution in [0.2, 0.25) is 0 Å². The molecule has 6 heteroatoms. The molecule has 0 saturated carbocycles. The zero-order chi connectivity index (χ0) is 14.9. The van der Waals surface area contributed by atoms with E-state index in [1.807, 2.05) is 6.07 Å². The largest absolute Gasteiger partial charge is 0.369 e. The van der Waals surface area contributed by atoms with Gasteiger partial charge in [0, 0.05) is 5.92 Å². The van der Waals surface area contributed by atoms with Crippen molar-refractivity contribution in [3.8, 4) is 6.07 Å². The first kappa shape index (κ1) is 14.3. The molecule has 5 nitrogen and oxygen atoms in total. The predicted octanol–water partition coefficient (Wildman–Crippen LogP) is 1.24. The van der Waals surface area contributed by atoms with Gasteiger partial charge in [-0.15, -0.1) is 0 Å². The standard InChI is InChI=1S/C14H14N2O3S/c1-9-7-11(10-5-3-2-4-6-10)13(14(16)17)20(18,19)12(9)8-15/h2-6,11,13H,7H2,1H3,(H2,16,17). The average molecular weight is 290 g/mol. The van der Waals surface area contributed by atoms with Crippen molar-refractivity contribution < 1.29 is 13.2 Å². The monoisotopic (exact) mass is 290 g/mol. The fourth-order valence-electron chi connectivity index (χ4n) is 2.62. The molecule has 2 rings (SSSR count). The molecule has 0 bridgehead atoms. The molecule has 2 unspecified atom stereocenters. The fraction of sp³-hybridized carbons (Fsp3) is 0.286. The van der Waals surface area contributed by atoms with Gasteiger partial charge in [-0.3, -0.25) is 4.79 Å². The SMILES string of the molecule is CC1=C(C#N)S(=O)(=O)C(C(N)=O)C(c2ccccc2)C1. The van der Waals surface area contributed by atoms with Crippen molar-refractivity contribution in [1.29, 1.82) is 5.26 Å². The predicted molar refractivity (Wildman–Crippen MR) is 74.0 cm³/mol. The lowest BCUT2D eigenvalue weighted by Gasteiger charge is -2.30. The zero-order valence-corrected chi connectivity index (χ0v) is 11.7. The van der Waals surface area contributed by atoms with Gasteiger partial charge in [-0.1, -0.05) is 30.3 Å². The van der Waals surface area contributed by atoms with Crippen LogP contribution in [0.25, 0.3) is 0 Å². The van der Waals surface area contributed by atoms with E-state index in [-0.39, 0.29) is 4.91 Å². The van der Waals surface area contributed by atoms with E-state index in [2.05, 4.69) is 0 Å². The third-order valence-electron chi connectivity index (χ3n) is 3.51. The van der Waals surface area contributed by atoms with Crippen LogP contribution in [0.4, 0.5) is 0 Å². The maximum absolute atomic E-state index is 12.4. The Hall–Kier alpha value is -2.13. The lowest BCUT2D eigenvalue weighted by Crippen LogP contribution is -2.43. The maximum Gasteiger partial charge on any atom is 0.236 e. The Labute approximate surface area is 117 Å². The van der Waals surface area contributed by atoms with Gasteiger partial charge in [-0.25, -0.2) is 8.42 Å². The minimum Gasteiger partial charge on any atom is -0.369 e. The summed E-state index contributed by atoms with van der Waals surface area (Å²) in [6, 6.07) is 10.6. The molecule has 104 valence electrons. The van der Waals surface area contributed by atoms with Crippen molar-refractivity contribution in [2.24, 2.45) is 5.73 Å². The van der Waals surface area contributed by atoms with E-state index in [9.17, 15) is 13.2 Å². The van der Waals surface area contributed by atoms with Crippen molar-refractivity contribution in [1.82, 2.24) is 0 Å². The Bertz CT molecular complexity index is 715. The average Bonchev–Trinajstić information content (AvgIpc) is 2.38.